The lowest BCUT2D eigenvalue weighted by Crippen LogP contribution is -2.12. The first kappa shape index (κ1) is 18.8. The predicted molar refractivity (Wildman–Crippen MR) is 106 cm³/mol. The predicted octanol–water partition coefficient (Wildman–Crippen LogP) is 4.41. The Labute approximate surface area is 162 Å². The molecule has 1 aromatic heterocycles. The average molecular weight is 386 g/mol. The number of nitrogens with zero attached hydrogens (tertiary/aromatic N) is 2. The van der Waals surface area contributed by atoms with Crippen LogP contribution in [0.2, 0.25) is 5.02 Å². The summed E-state index contributed by atoms with van der Waals surface area (Å²) in [4.78, 5) is 12.5. The zero-order valence-electron chi connectivity index (χ0n) is 15.5. The van der Waals surface area contributed by atoms with Crippen LogP contribution >= 0.6 is 11.6 Å². The first-order chi connectivity index (χ1) is 12.9. The fraction of sp³-hybridized carbons (Fsp3) is 0.200. The lowest BCUT2D eigenvalue weighted by Gasteiger charge is -2.11. The first-order valence-electron chi connectivity index (χ1n) is 8.30. The fourth-order valence-electron chi connectivity index (χ4n) is 2.75. The summed E-state index contributed by atoms with van der Waals surface area (Å²) in [6.07, 6.45) is 0. The average Bonchev–Trinajstić information content (AvgIpc) is 2.95. The Balaban J connectivity index is 1.79. The minimum Gasteiger partial charge on any atom is -0.493 e. The van der Waals surface area contributed by atoms with E-state index in [-0.39, 0.29) is 5.91 Å². The maximum Gasteiger partial charge on any atom is 0.255 e. The number of aromatic nitrogens is 2. The van der Waals surface area contributed by atoms with Crippen molar-refractivity contribution in [1.29, 1.82) is 0 Å². The normalized spacial score (nSPS) is 10.6. The molecule has 0 aliphatic heterocycles. The van der Waals surface area contributed by atoms with Crippen molar-refractivity contribution < 1.29 is 14.3 Å². The third-order valence-corrected chi connectivity index (χ3v) is 4.77. The highest BCUT2D eigenvalue weighted by Gasteiger charge is 2.12. The van der Waals surface area contributed by atoms with Crippen molar-refractivity contribution in [3.63, 3.8) is 0 Å². The van der Waals surface area contributed by atoms with Crippen molar-refractivity contribution in [3.05, 3.63) is 64.4 Å². The summed E-state index contributed by atoms with van der Waals surface area (Å²) in [5.74, 6) is 0.927. The molecule has 0 bridgehead atoms. The van der Waals surface area contributed by atoms with Crippen LogP contribution in [-0.2, 0) is 0 Å². The molecule has 0 saturated carbocycles. The van der Waals surface area contributed by atoms with Crippen molar-refractivity contribution in [2.45, 2.75) is 13.8 Å². The molecule has 2 aromatic carbocycles. The minimum atomic E-state index is -0.222. The lowest BCUT2D eigenvalue weighted by atomic mass is 10.2. The number of anilines is 1. The number of ether oxygens (including phenoxy) is 2. The van der Waals surface area contributed by atoms with Crippen LogP contribution in [0.4, 0.5) is 5.69 Å². The number of amides is 1. The number of methoxy groups -OCH3 is 2. The molecule has 0 unspecified atom stereocenters. The number of benzene rings is 2. The van der Waals surface area contributed by atoms with E-state index in [1.54, 1.807) is 49.2 Å². The Kier molecular flexibility index (Phi) is 5.37. The number of rotatable bonds is 5. The quantitative estimate of drug-likeness (QED) is 0.706. The van der Waals surface area contributed by atoms with Gasteiger partial charge in [0.1, 0.15) is 0 Å². The van der Waals surface area contributed by atoms with Gasteiger partial charge in [0, 0.05) is 17.3 Å². The van der Waals surface area contributed by atoms with Crippen LogP contribution < -0.4 is 14.8 Å². The van der Waals surface area contributed by atoms with Crippen LogP contribution in [0, 0.1) is 13.8 Å². The second kappa shape index (κ2) is 7.72. The van der Waals surface area contributed by atoms with E-state index in [0.717, 1.165) is 17.1 Å². The Morgan fingerprint density at radius 2 is 1.70 bits per heavy atom. The Hall–Kier alpha value is -2.99. The number of hydrogen-bond donors (Lipinski definition) is 1. The summed E-state index contributed by atoms with van der Waals surface area (Å²) in [7, 11) is 3.11. The van der Waals surface area contributed by atoms with Crippen LogP contribution in [-0.4, -0.2) is 29.9 Å². The number of carbonyl (C=O) groups is 1. The third kappa shape index (κ3) is 3.75. The van der Waals surface area contributed by atoms with Gasteiger partial charge < -0.3 is 14.8 Å². The van der Waals surface area contributed by atoms with E-state index >= 15 is 0 Å². The van der Waals surface area contributed by atoms with Gasteiger partial charge in [0.25, 0.3) is 5.91 Å². The Morgan fingerprint density at radius 3 is 2.26 bits per heavy atom. The molecule has 7 heteroatoms. The lowest BCUT2D eigenvalue weighted by molar-refractivity contribution is 0.102. The van der Waals surface area contributed by atoms with Gasteiger partial charge >= 0.3 is 0 Å². The van der Waals surface area contributed by atoms with Crippen LogP contribution in [0.3, 0.4) is 0 Å². The van der Waals surface area contributed by atoms with Crippen LogP contribution in [0.1, 0.15) is 21.7 Å². The van der Waals surface area contributed by atoms with Gasteiger partial charge in [0.05, 0.1) is 36.3 Å². The van der Waals surface area contributed by atoms with Gasteiger partial charge in [-0.3, -0.25) is 4.79 Å². The molecular weight excluding hydrogens is 366 g/mol. The summed E-state index contributed by atoms with van der Waals surface area (Å²) in [6.45, 7) is 3.76. The molecule has 1 N–H and O–H groups in total. The Morgan fingerprint density at radius 1 is 1.04 bits per heavy atom. The van der Waals surface area contributed by atoms with Crippen LogP contribution in [0.25, 0.3) is 5.69 Å². The molecule has 140 valence electrons. The third-order valence-electron chi connectivity index (χ3n) is 4.22. The van der Waals surface area contributed by atoms with E-state index in [4.69, 9.17) is 21.1 Å². The van der Waals surface area contributed by atoms with Crippen molar-refractivity contribution >= 4 is 23.2 Å². The van der Waals surface area contributed by atoms with Gasteiger partial charge in [0.15, 0.2) is 11.5 Å². The highest BCUT2D eigenvalue weighted by molar-refractivity contribution is 6.31. The smallest absolute Gasteiger partial charge is 0.255 e. The van der Waals surface area contributed by atoms with Crippen molar-refractivity contribution in [2.75, 3.05) is 19.5 Å². The van der Waals surface area contributed by atoms with Gasteiger partial charge in [-0.2, -0.15) is 5.10 Å². The van der Waals surface area contributed by atoms with Gasteiger partial charge in [-0.25, -0.2) is 4.68 Å². The van der Waals surface area contributed by atoms with Crippen molar-refractivity contribution in [1.82, 2.24) is 9.78 Å². The number of halogens is 1. The number of hydrogen-bond acceptors (Lipinski definition) is 4. The zero-order valence-corrected chi connectivity index (χ0v) is 16.3. The van der Waals surface area contributed by atoms with Crippen molar-refractivity contribution in [2.24, 2.45) is 0 Å². The molecule has 0 aliphatic carbocycles. The van der Waals surface area contributed by atoms with Gasteiger partial charge in [-0.05, 0) is 50.2 Å². The van der Waals surface area contributed by atoms with Gasteiger partial charge in [-0.1, -0.05) is 11.6 Å². The standard InChI is InChI=1S/C20H20ClN3O3/c1-12-19(21)13(2)24(23-12)16-8-5-14(6-9-16)20(25)22-15-7-10-17(26-3)18(11-15)27-4/h5-11H,1-4H3,(H,22,25). The molecule has 1 heterocycles. The molecule has 1 amide bonds. The van der Waals surface area contributed by atoms with Crippen LogP contribution in [0.15, 0.2) is 42.5 Å². The second-order valence-corrected chi connectivity index (χ2v) is 6.35. The highest BCUT2D eigenvalue weighted by Crippen LogP contribution is 2.30. The molecule has 0 atom stereocenters. The topological polar surface area (TPSA) is 65.4 Å². The van der Waals surface area contributed by atoms with Gasteiger partial charge in [0.2, 0.25) is 0 Å². The van der Waals surface area contributed by atoms with E-state index in [1.807, 2.05) is 26.0 Å². The van der Waals surface area contributed by atoms with E-state index in [2.05, 4.69) is 10.4 Å². The molecular formula is C20H20ClN3O3. The molecule has 27 heavy (non-hydrogen) atoms. The molecule has 0 radical (unpaired) electrons. The largest absolute Gasteiger partial charge is 0.493 e. The molecule has 0 aliphatic rings. The monoisotopic (exact) mass is 385 g/mol. The molecule has 0 fully saturated rings. The summed E-state index contributed by atoms with van der Waals surface area (Å²) in [5, 5.41) is 7.91. The van der Waals surface area contributed by atoms with Crippen molar-refractivity contribution in [3.8, 4) is 17.2 Å². The molecule has 3 aromatic rings. The van der Waals surface area contributed by atoms with E-state index in [0.29, 0.717) is 27.8 Å². The molecule has 0 spiro atoms. The highest BCUT2D eigenvalue weighted by atomic mass is 35.5. The fourth-order valence-corrected chi connectivity index (χ4v) is 2.86. The second-order valence-electron chi connectivity index (χ2n) is 5.97. The number of nitrogens with one attached hydrogen (secondary N) is 1. The molecule has 0 saturated heterocycles. The molecule has 3 rings (SSSR count). The number of carbonyl (C=O) groups excluding carboxylic acids is 1. The van der Waals surface area contributed by atoms with E-state index in [1.165, 1.54) is 0 Å². The minimum absolute atomic E-state index is 0.222. The zero-order chi connectivity index (χ0) is 19.6. The number of aryl methyl sites for hydroxylation is 1. The first-order valence-corrected chi connectivity index (χ1v) is 8.68. The summed E-state index contributed by atoms with van der Waals surface area (Å²) in [5.41, 5.74) is 3.61. The maximum atomic E-state index is 12.5. The SMILES string of the molecule is COc1ccc(NC(=O)c2ccc(-n3nc(C)c(Cl)c3C)cc2)cc1OC. The Bertz CT molecular complexity index is 981. The summed E-state index contributed by atoms with van der Waals surface area (Å²) >= 11 is 6.20. The van der Waals surface area contributed by atoms with Gasteiger partial charge in [-0.15, -0.1) is 0 Å². The summed E-state index contributed by atoms with van der Waals surface area (Å²) in [6, 6.07) is 12.4. The maximum absolute atomic E-state index is 12.5. The molecule has 6 nitrogen and oxygen atoms in total. The summed E-state index contributed by atoms with van der Waals surface area (Å²) < 4.78 is 12.2. The van der Waals surface area contributed by atoms with Crippen LogP contribution in [0.5, 0.6) is 11.5 Å². The van der Waals surface area contributed by atoms with E-state index in [9.17, 15) is 4.79 Å². The van der Waals surface area contributed by atoms with E-state index < -0.39 is 0 Å².